The van der Waals surface area contributed by atoms with E-state index < -0.39 is 0 Å². The number of aliphatic imine (C=N–C) groups is 2. The Balaban J connectivity index is 1.44. The van der Waals surface area contributed by atoms with Gasteiger partial charge in [0.1, 0.15) is 23.0 Å². The molecule has 0 unspecified atom stereocenters. The van der Waals surface area contributed by atoms with Crippen molar-refractivity contribution in [2.24, 2.45) is 17.0 Å². The molecule has 8 nitrogen and oxygen atoms in total. The summed E-state index contributed by atoms with van der Waals surface area (Å²) >= 11 is 0. The van der Waals surface area contributed by atoms with Crippen LogP contribution in [0.25, 0.3) is 22.3 Å². The maximum atomic E-state index is 10.6. The lowest BCUT2D eigenvalue weighted by molar-refractivity contribution is 0.474. The van der Waals surface area contributed by atoms with E-state index in [0.29, 0.717) is 22.8 Å². The molecule has 2 aromatic heterocycles. The van der Waals surface area contributed by atoms with Gasteiger partial charge in [0.25, 0.3) is 0 Å². The lowest BCUT2D eigenvalue weighted by atomic mass is 9.95. The van der Waals surface area contributed by atoms with E-state index in [1.54, 1.807) is 60.7 Å². The Morgan fingerprint density at radius 2 is 0.868 bits per heavy atom. The molecule has 0 spiro atoms. The van der Waals surface area contributed by atoms with Gasteiger partial charge in [-0.25, -0.2) is 9.98 Å². The molecule has 3 aliphatic rings. The second-order valence-electron chi connectivity index (χ2n) is 13.1. The molecule has 0 saturated heterocycles. The summed E-state index contributed by atoms with van der Waals surface area (Å²) in [4.78, 5) is 14.1. The summed E-state index contributed by atoms with van der Waals surface area (Å²) in [5.41, 5.74) is 10.7. The molecule has 9 rings (SSSR count). The first kappa shape index (κ1) is 31.6. The minimum atomic E-state index is 0.128. The monoisotopic (exact) mass is 692 g/mol. The fourth-order valence-electron chi connectivity index (χ4n) is 7.34. The predicted octanol–water partition coefficient (Wildman–Crippen LogP) is 6.83. The molecular weight excluding hydrogens is 661 g/mol. The van der Waals surface area contributed by atoms with Crippen molar-refractivity contribution in [3.63, 3.8) is 0 Å². The number of H-pyrrole nitrogens is 1. The second kappa shape index (κ2) is 12.5. The number of nitrogens with one attached hydrogen (secondary N) is 1. The molecular formula is C45H32N4O4. The van der Waals surface area contributed by atoms with Gasteiger partial charge in [0.2, 0.25) is 0 Å². The molecule has 0 amide bonds. The topological polar surface area (TPSA) is 126 Å². The fraction of sp³-hybridized carbons (Fsp3) is 0.0222. The Labute approximate surface area is 304 Å². The highest BCUT2D eigenvalue weighted by Gasteiger charge is 2.25. The first-order chi connectivity index (χ1) is 25.8. The van der Waals surface area contributed by atoms with Crippen LogP contribution in [0, 0.1) is 0 Å². The number of aromatic hydroxyl groups is 4. The molecule has 0 radical (unpaired) electrons. The van der Waals surface area contributed by atoms with E-state index in [1.807, 2.05) is 90.6 Å². The highest BCUT2D eigenvalue weighted by molar-refractivity contribution is 6.31. The van der Waals surface area contributed by atoms with Crippen LogP contribution in [0.3, 0.4) is 0 Å². The Hall–Kier alpha value is -7.32. The Kier molecular flexibility index (Phi) is 7.45. The zero-order valence-electron chi connectivity index (χ0n) is 28.5. The Morgan fingerprint density at radius 3 is 1.32 bits per heavy atom. The Bertz CT molecular complexity index is 2840. The van der Waals surface area contributed by atoms with Gasteiger partial charge in [0.15, 0.2) is 0 Å². The van der Waals surface area contributed by atoms with Crippen LogP contribution in [0.15, 0.2) is 167 Å². The molecule has 5 heterocycles. The number of rotatable bonds is 4. The quantitative estimate of drug-likeness (QED) is 0.139. The molecule has 5 N–H and O–H groups in total. The lowest BCUT2D eigenvalue weighted by Crippen LogP contribution is -2.21. The number of aromatic amines is 1. The molecule has 6 aromatic rings. The summed E-state index contributed by atoms with van der Waals surface area (Å²) in [6.07, 6.45) is 9.92. The van der Waals surface area contributed by atoms with E-state index in [4.69, 9.17) is 9.98 Å². The number of aromatic nitrogens is 2. The highest BCUT2D eigenvalue weighted by atomic mass is 16.3. The van der Waals surface area contributed by atoms with Gasteiger partial charge in [-0.05, 0) is 113 Å². The minimum absolute atomic E-state index is 0.128. The van der Waals surface area contributed by atoms with Crippen molar-refractivity contribution in [3.05, 3.63) is 201 Å². The standard InChI is InChI=1S/C45H32N4O4/c1-49-25-30-24-41(49)45(29-9-5-13-34(53)23-29)40-19-18-39(48-40)44(28-8-4-12-33(52)22-28)38-17-16-37(47-38)43(27-7-3-11-32(51)21-27)36-15-14-35(46-36)42(30)26-6-2-10-31(50)20-26/h2-25,47,50-53H,1H3. The van der Waals surface area contributed by atoms with Crippen molar-refractivity contribution in [3.8, 4) is 23.0 Å². The van der Waals surface area contributed by atoms with Crippen molar-refractivity contribution in [1.82, 2.24) is 9.55 Å². The molecule has 0 atom stereocenters. The number of hydrogen-bond donors (Lipinski definition) is 5. The molecule has 3 aliphatic heterocycles. The summed E-state index contributed by atoms with van der Waals surface area (Å²) in [7, 11) is 1.97. The first-order valence-corrected chi connectivity index (χ1v) is 17.1. The number of benzene rings is 4. The smallest absolute Gasteiger partial charge is 0.116 e. The normalized spacial score (nSPS) is 15.0. The summed E-state index contributed by atoms with van der Waals surface area (Å²) < 4.78 is 2.04. The molecule has 8 heteroatoms. The van der Waals surface area contributed by atoms with Crippen LogP contribution >= 0.6 is 0 Å². The number of hydrogen-bond acceptors (Lipinski definition) is 6. The average molecular weight is 693 g/mol. The zero-order valence-corrected chi connectivity index (χ0v) is 28.5. The average Bonchev–Trinajstić information content (AvgIpc) is 3.96. The predicted molar refractivity (Wildman–Crippen MR) is 208 cm³/mol. The summed E-state index contributed by atoms with van der Waals surface area (Å²) in [6.45, 7) is 0. The van der Waals surface area contributed by atoms with Crippen molar-refractivity contribution in [2.75, 3.05) is 0 Å². The van der Waals surface area contributed by atoms with Gasteiger partial charge in [0, 0.05) is 51.8 Å². The van der Waals surface area contributed by atoms with E-state index >= 15 is 0 Å². The van der Waals surface area contributed by atoms with Gasteiger partial charge in [0.05, 0.1) is 28.5 Å². The zero-order chi connectivity index (χ0) is 36.2. The lowest BCUT2D eigenvalue weighted by Gasteiger charge is -2.12. The number of phenols is 4. The van der Waals surface area contributed by atoms with Gasteiger partial charge in [-0.1, -0.05) is 48.5 Å². The minimum Gasteiger partial charge on any atom is -0.508 e. The van der Waals surface area contributed by atoms with E-state index in [1.165, 1.54) is 0 Å². The van der Waals surface area contributed by atoms with Gasteiger partial charge >= 0.3 is 0 Å². The van der Waals surface area contributed by atoms with Gasteiger partial charge in [-0.2, -0.15) is 0 Å². The summed E-state index contributed by atoms with van der Waals surface area (Å²) in [5, 5.41) is 44.0. The number of nitrogens with zero attached hydrogens (tertiary/aromatic N) is 3. The molecule has 8 bridgehead atoms. The molecule has 0 saturated carbocycles. The molecule has 0 fully saturated rings. The van der Waals surface area contributed by atoms with Crippen molar-refractivity contribution in [1.29, 1.82) is 0 Å². The molecule has 4 aromatic carbocycles. The van der Waals surface area contributed by atoms with Crippen molar-refractivity contribution in [2.45, 2.75) is 0 Å². The van der Waals surface area contributed by atoms with Crippen LogP contribution in [-0.4, -0.2) is 41.4 Å². The van der Waals surface area contributed by atoms with Crippen LogP contribution < -0.4 is 10.7 Å². The first-order valence-electron chi connectivity index (χ1n) is 17.1. The fourth-order valence-corrected chi connectivity index (χ4v) is 7.34. The van der Waals surface area contributed by atoms with Crippen LogP contribution in [0.5, 0.6) is 23.0 Å². The van der Waals surface area contributed by atoms with Gasteiger partial charge in [-0.15, -0.1) is 0 Å². The van der Waals surface area contributed by atoms with Crippen LogP contribution in [0.1, 0.15) is 33.5 Å². The maximum absolute atomic E-state index is 10.6. The van der Waals surface area contributed by atoms with E-state index in [2.05, 4.69) is 11.1 Å². The third-order valence-electron chi connectivity index (χ3n) is 9.62. The molecule has 256 valence electrons. The van der Waals surface area contributed by atoms with Crippen LogP contribution in [0.4, 0.5) is 0 Å². The van der Waals surface area contributed by atoms with E-state index in [9.17, 15) is 20.4 Å². The number of phenolic OH excluding ortho intramolecular Hbond substituents is 4. The van der Waals surface area contributed by atoms with Gasteiger partial charge in [-0.3, -0.25) is 0 Å². The number of fused-ring (bicyclic) bond motifs is 6. The van der Waals surface area contributed by atoms with Crippen molar-refractivity contribution >= 4 is 33.7 Å². The van der Waals surface area contributed by atoms with Gasteiger partial charge < -0.3 is 30.0 Å². The maximum Gasteiger partial charge on any atom is 0.116 e. The number of allylic oxidation sites excluding steroid dienone is 4. The van der Waals surface area contributed by atoms with Crippen LogP contribution in [0.2, 0.25) is 0 Å². The Morgan fingerprint density at radius 1 is 0.453 bits per heavy atom. The summed E-state index contributed by atoms with van der Waals surface area (Å²) in [5.74, 6) is 0.524. The number of aryl methyl sites for hydroxylation is 1. The molecule has 0 aliphatic carbocycles. The highest BCUT2D eigenvalue weighted by Crippen LogP contribution is 2.39. The largest absolute Gasteiger partial charge is 0.508 e. The SMILES string of the molecule is Cn1cc2cc1C(c1cccc(O)c1)=C1C=CC(=N1)C(c1cccc(O)c1)=c1ccc([nH]1)=C(c1cccc(O)c1)C1=NC(=C2c2cccc(O)c2)C=C1. The van der Waals surface area contributed by atoms with E-state index in [0.717, 1.165) is 66.5 Å². The third-order valence-corrected chi connectivity index (χ3v) is 9.62. The van der Waals surface area contributed by atoms with Crippen LogP contribution in [-0.2, 0) is 7.05 Å². The molecule has 53 heavy (non-hydrogen) atoms. The van der Waals surface area contributed by atoms with Crippen molar-refractivity contribution < 1.29 is 20.4 Å². The summed E-state index contributed by atoms with van der Waals surface area (Å²) in [6, 6.07) is 34.6. The second-order valence-corrected chi connectivity index (χ2v) is 13.1. The van der Waals surface area contributed by atoms with E-state index in [-0.39, 0.29) is 23.0 Å². The third kappa shape index (κ3) is 5.68.